The lowest BCUT2D eigenvalue weighted by molar-refractivity contribution is 0.0957. The highest BCUT2D eigenvalue weighted by Crippen LogP contribution is 2.47. The summed E-state index contributed by atoms with van der Waals surface area (Å²) >= 11 is 21.2. The molecule has 4 heterocycles. The first-order valence-corrected chi connectivity index (χ1v) is 13.5. The van der Waals surface area contributed by atoms with Crippen LogP contribution in [0.4, 0.5) is 11.5 Å². The summed E-state index contributed by atoms with van der Waals surface area (Å²) in [6.07, 6.45) is 1.44. The van der Waals surface area contributed by atoms with E-state index in [1.807, 2.05) is 10.7 Å². The molecule has 0 radical (unpaired) electrons. The van der Waals surface area contributed by atoms with Crippen molar-refractivity contribution in [3.8, 4) is 6.01 Å². The summed E-state index contributed by atoms with van der Waals surface area (Å²) in [4.78, 5) is 23.8. The number of nitrogens with one attached hydrogen (secondary N) is 1. The molecule has 3 N–H and O–H groups in total. The number of benzene rings is 1. The van der Waals surface area contributed by atoms with Crippen LogP contribution in [-0.4, -0.2) is 46.4 Å². The number of ether oxygens (including phenoxy) is 1. The lowest BCUT2D eigenvalue weighted by Crippen LogP contribution is -2.27. The number of aryl methyl sites for hydroxylation is 1. The quantitative estimate of drug-likeness (QED) is 0.442. The molecule has 1 amide bonds. The average Bonchev–Trinajstić information content (AvgIpc) is 3.04. The molecule has 190 valence electrons. The van der Waals surface area contributed by atoms with E-state index in [0.717, 1.165) is 41.3 Å². The van der Waals surface area contributed by atoms with Crippen LogP contribution in [0.15, 0.2) is 12.1 Å². The van der Waals surface area contributed by atoms with Crippen molar-refractivity contribution in [2.24, 2.45) is 0 Å². The number of rotatable bonds is 4. The molecule has 1 unspecified atom stereocenters. The van der Waals surface area contributed by atoms with Crippen LogP contribution in [0.1, 0.15) is 44.7 Å². The minimum atomic E-state index is -0.309. The monoisotopic (exact) mass is 567 g/mol. The maximum atomic E-state index is 12.2. The van der Waals surface area contributed by atoms with Crippen molar-refractivity contribution in [2.75, 3.05) is 31.3 Å². The summed E-state index contributed by atoms with van der Waals surface area (Å²) in [5, 5.41) is 8.39. The number of nitrogen functional groups attached to an aromatic ring is 1. The number of thioether (sulfide) groups is 1. The zero-order chi connectivity index (χ0) is 25.6. The Morgan fingerprint density at radius 3 is 2.78 bits per heavy atom. The number of carbonyl (C=O) groups excluding carboxylic acids is 1. The number of hydrogen-bond acceptors (Lipinski definition) is 8. The van der Waals surface area contributed by atoms with Gasteiger partial charge >= 0.3 is 6.01 Å². The number of halogens is 3. The van der Waals surface area contributed by atoms with E-state index in [1.165, 1.54) is 0 Å². The average molecular weight is 569 g/mol. The number of aromatic nitrogens is 4. The predicted octanol–water partition coefficient (Wildman–Crippen LogP) is 4.52. The molecule has 0 fully saturated rings. The molecule has 0 aliphatic carbocycles. The molecule has 1 atom stereocenters. The maximum absolute atomic E-state index is 12.2. The van der Waals surface area contributed by atoms with Gasteiger partial charge < -0.3 is 20.7 Å². The lowest BCUT2D eigenvalue weighted by atomic mass is 10.0. The fourth-order valence-corrected chi connectivity index (χ4v) is 6.70. The molecule has 2 aliphatic heterocycles. The minimum Gasteiger partial charge on any atom is -0.467 e. The highest BCUT2D eigenvalue weighted by Gasteiger charge is 2.32. The van der Waals surface area contributed by atoms with Gasteiger partial charge in [0.05, 0.1) is 40.1 Å². The SMILES string of the molecule is CNC(=O)c1nn2c(c1Cl)CN(c1nc(OC)nc3c1CSC(c1cc(N)cc(Cl)c1Cl)C3)CCC2. The van der Waals surface area contributed by atoms with E-state index >= 15 is 0 Å². The summed E-state index contributed by atoms with van der Waals surface area (Å²) in [6.45, 7) is 1.85. The second kappa shape index (κ2) is 10.2. The predicted molar refractivity (Wildman–Crippen MR) is 143 cm³/mol. The van der Waals surface area contributed by atoms with Gasteiger partial charge in [0.25, 0.3) is 5.91 Å². The van der Waals surface area contributed by atoms with Gasteiger partial charge in [-0.15, -0.1) is 11.8 Å². The van der Waals surface area contributed by atoms with Crippen molar-refractivity contribution >= 4 is 64.0 Å². The van der Waals surface area contributed by atoms with Crippen LogP contribution in [0, 0.1) is 0 Å². The van der Waals surface area contributed by atoms with E-state index in [0.29, 0.717) is 52.0 Å². The molecule has 5 rings (SSSR count). The van der Waals surface area contributed by atoms with Gasteiger partial charge in [-0.2, -0.15) is 15.1 Å². The van der Waals surface area contributed by atoms with Gasteiger partial charge in [0.15, 0.2) is 5.69 Å². The van der Waals surface area contributed by atoms with Crippen LogP contribution in [0.2, 0.25) is 15.1 Å². The van der Waals surface area contributed by atoms with Crippen LogP contribution in [0.5, 0.6) is 6.01 Å². The van der Waals surface area contributed by atoms with Gasteiger partial charge in [-0.3, -0.25) is 9.48 Å². The number of nitrogens with zero attached hydrogens (tertiary/aromatic N) is 5. The molecule has 2 aromatic heterocycles. The molecular weight excluding hydrogens is 545 g/mol. The summed E-state index contributed by atoms with van der Waals surface area (Å²) in [5.41, 5.74) is 10.5. The largest absolute Gasteiger partial charge is 0.467 e. The Kier molecular flexibility index (Phi) is 7.13. The van der Waals surface area contributed by atoms with E-state index in [9.17, 15) is 4.79 Å². The fourth-order valence-electron chi connectivity index (χ4n) is 4.58. The number of amides is 1. The first kappa shape index (κ1) is 25.3. The molecule has 0 bridgehead atoms. The summed E-state index contributed by atoms with van der Waals surface area (Å²) < 4.78 is 7.28. The van der Waals surface area contributed by atoms with Crippen molar-refractivity contribution < 1.29 is 9.53 Å². The van der Waals surface area contributed by atoms with E-state index < -0.39 is 0 Å². The van der Waals surface area contributed by atoms with E-state index in [4.69, 9.17) is 50.3 Å². The summed E-state index contributed by atoms with van der Waals surface area (Å²) in [7, 11) is 3.12. The third kappa shape index (κ3) is 4.55. The highest BCUT2D eigenvalue weighted by atomic mass is 35.5. The minimum absolute atomic E-state index is 0.0357. The molecule has 0 saturated heterocycles. The smallest absolute Gasteiger partial charge is 0.318 e. The number of hydrogen-bond donors (Lipinski definition) is 2. The Morgan fingerprint density at radius 2 is 2.03 bits per heavy atom. The van der Waals surface area contributed by atoms with Gasteiger partial charge in [0.1, 0.15) is 5.82 Å². The second-order valence-electron chi connectivity index (χ2n) is 8.56. The Balaban J connectivity index is 1.51. The van der Waals surface area contributed by atoms with Crippen molar-refractivity contribution in [2.45, 2.75) is 36.9 Å². The number of methoxy groups -OCH3 is 1. The third-order valence-corrected chi connectivity index (χ3v) is 8.83. The topological polar surface area (TPSA) is 111 Å². The Labute approximate surface area is 227 Å². The molecule has 9 nitrogen and oxygen atoms in total. The Morgan fingerprint density at radius 1 is 1.22 bits per heavy atom. The molecule has 3 aromatic rings. The van der Waals surface area contributed by atoms with Gasteiger partial charge in [-0.1, -0.05) is 34.8 Å². The zero-order valence-corrected chi connectivity index (χ0v) is 22.7. The van der Waals surface area contributed by atoms with Gasteiger partial charge in [0.2, 0.25) is 0 Å². The van der Waals surface area contributed by atoms with Crippen LogP contribution in [0.3, 0.4) is 0 Å². The standard InChI is InChI=1S/C23H24Cl3N7O2S/c1-28-22(34)20-19(26)16-9-32(4-3-5-33(16)31-20)21-13-10-36-17(8-15(13)29-23(30-21)35-2)12-6-11(27)7-14(24)18(12)25/h6-7,17H,3-5,8-10,27H2,1-2H3,(H,28,34). The third-order valence-electron chi connectivity index (χ3n) is 6.34. The molecule has 13 heteroatoms. The molecule has 0 saturated carbocycles. The van der Waals surface area contributed by atoms with Crippen LogP contribution < -0.4 is 20.7 Å². The summed E-state index contributed by atoms with van der Waals surface area (Å²) in [6, 6.07) is 3.82. The van der Waals surface area contributed by atoms with Crippen molar-refractivity contribution in [1.29, 1.82) is 0 Å². The fraction of sp³-hybridized carbons (Fsp3) is 0.391. The van der Waals surface area contributed by atoms with Crippen LogP contribution >= 0.6 is 46.6 Å². The second-order valence-corrected chi connectivity index (χ2v) is 10.9. The lowest BCUT2D eigenvalue weighted by Gasteiger charge is -2.30. The van der Waals surface area contributed by atoms with E-state index in [1.54, 1.807) is 32.0 Å². The molecule has 1 aromatic carbocycles. The first-order valence-electron chi connectivity index (χ1n) is 11.3. The number of anilines is 2. The highest BCUT2D eigenvalue weighted by molar-refractivity contribution is 7.98. The first-order chi connectivity index (χ1) is 17.3. The zero-order valence-electron chi connectivity index (χ0n) is 19.6. The van der Waals surface area contributed by atoms with E-state index in [-0.39, 0.29) is 16.9 Å². The number of fused-ring (bicyclic) bond motifs is 2. The Hall–Kier alpha value is -2.40. The van der Waals surface area contributed by atoms with Gasteiger partial charge in [0, 0.05) is 48.8 Å². The molecule has 36 heavy (non-hydrogen) atoms. The van der Waals surface area contributed by atoms with Crippen molar-refractivity contribution in [1.82, 2.24) is 25.1 Å². The van der Waals surface area contributed by atoms with Crippen molar-refractivity contribution in [3.05, 3.63) is 55.4 Å². The normalized spacial score (nSPS) is 17.2. The van der Waals surface area contributed by atoms with E-state index in [2.05, 4.69) is 20.3 Å². The molecule has 0 spiro atoms. The van der Waals surface area contributed by atoms with Gasteiger partial charge in [-0.05, 0) is 24.1 Å². The van der Waals surface area contributed by atoms with Crippen LogP contribution in [-0.2, 0) is 25.3 Å². The maximum Gasteiger partial charge on any atom is 0.318 e. The Bertz CT molecular complexity index is 1350. The van der Waals surface area contributed by atoms with Crippen molar-refractivity contribution in [3.63, 3.8) is 0 Å². The summed E-state index contributed by atoms with van der Waals surface area (Å²) in [5.74, 6) is 1.16. The van der Waals surface area contributed by atoms with Gasteiger partial charge in [-0.25, -0.2) is 0 Å². The number of carbonyl (C=O) groups is 1. The molecule has 2 aliphatic rings. The van der Waals surface area contributed by atoms with Crippen LogP contribution in [0.25, 0.3) is 0 Å². The molecular formula is C23H24Cl3N7O2S. The number of nitrogens with two attached hydrogens (primary N) is 1.